The number of benzene rings is 1. The third-order valence-corrected chi connectivity index (χ3v) is 4.56. The third kappa shape index (κ3) is 1.37. The summed E-state index contributed by atoms with van der Waals surface area (Å²) in [6, 6.07) is 9.44. The Morgan fingerprint density at radius 1 is 1.33 bits per heavy atom. The monoisotopic (exact) mass is 201 g/mol. The van der Waals surface area contributed by atoms with Crippen molar-refractivity contribution in [3.63, 3.8) is 0 Å². The fraction of sp³-hybridized carbons (Fsp3) is 0.571. The minimum atomic E-state index is 0.563. The standard InChI is InChI=1S/C14H19N/c1-10-9-14(10,2)13-8-7-11-5-3-4-6-12(11)15-13/h3-6,10,13,15H,7-9H2,1-2H3. The van der Waals surface area contributed by atoms with Gasteiger partial charge in [-0.25, -0.2) is 0 Å². The maximum Gasteiger partial charge on any atom is 0.0375 e. The Kier molecular flexibility index (Phi) is 1.86. The van der Waals surface area contributed by atoms with E-state index in [0.29, 0.717) is 11.5 Å². The van der Waals surface area contributed by atoms with Crippen LogP contribution in [0.4, 0.5) is 5.69 Å². The van der Waals surface area contributed by atoms with Crippen molar-refractivity contribution in [2.24, 2.45) is 11.3 Å². The average Bonchev–Trinajstić information content (AvgIpc) is 2.88. The fourth-order valence-electron chi connectivity index (χ4n) is 3.02. The van der Waals surface area contributed by atoms with Gasteiger partial charge in [-0.15, -0.1) is 0 Å². The summed E-state index contributed by atoms with van der Waals surface area (Å²) in [5.74, 6) is 0.903. The third-order valence-electron chi connectivity index (χ3n) is 4.56. The highest BCUT2D eigenvalue weighted by atomic mass is 15.0. The van der Waals surface area contributed by atoms with Crippen LogP contribution in [0, 0.1) is 11.3 Å². The van der Waals surface area contributed by atoms with Crippen molar-refractivity contribution in [3.05, 3.63) is 29.8 Å². The summed E-state index contributed by atoms with van der Waals surface area (Å²) < 4.78 is 0. The molecule has 3 unspecified atom stereocenters. The van der Waals surface area contributed by atoms with Crippen molar-refractivity contribution in [1.29, 1.82) is 0 Å². The zero-order valence-electron chi connectivity index (χ0n) is 9.59. The van der Waals surface area contributed by atoms with Gasteiger partial charge in [0.25, 0.3) is 0 Å². The second kappa shape index (κ2) is 3.01. The quantitative estimate of drug-likeness (QED) is 0.733. The summed E-state index contributed by atoms with van der Waals surface area (Å²) in [5, 5.41) is 3.73. The average molecular weight is 201 g/mol. The highest BCUT2D eigenvalue weighted by Crippen LogP contribution is 2.56. The highest BCUT2D eigenvalue weighted by molar-refractivity contribution is 5.54. The Balaban J connectivity index is 1.84. The molecule has 1 heteroatoms. The largest absolute Gasteiger partial charge is 0.382 e. The first-order valence-electron chi connectivity index (χ1n) is 6.04. The molecule has 1 nitrogen and oxygen atoms in total. The van der Waals surface area contributed by atoms with Crippen LogP contribution in [0.15, 0.2) is 24.3 Å². The van der Waals surface area contributed by atoms with E-state index in [9.17, 15) is 0 Å². The molecule has 1 aromatic rings. The van der Waals surface area contributed by atoms with Gasteiger partial charge in [0.1, 0.15) is 0 Å². The van der Waals surface area contributed by atoms with E-state index < -0.39 is 0 Å². The normalized spacial score (nSPS) is 38.0. The van der Waals surface area contributed by atoms with Crippen molar-refractivity contribution >= 4 is 5.69 Å². The van der Waals surface area contributed by atoms with Gasteiger partial charge in [0.05, 0.1) is 0 Å². The molecule has 15 heavy (non-hydrogen) atoms. The van der Waals surface area contributed by atoms with E-state index in [2.05, 4.69) is 43.4 Å². The second-order valence-corrected chi connectivity index (χ2v) is 5.50. The molecule has 0 amide bonds. The Morgan fingerprint density at radius 2 is 2.07 bits per heavy atom. The molecule has 80 valence electrons. The van der Waals surface area contributed by atoms with Gasteiger partial charge in [-0.1, -0.05) is 32.0 Å². The number of rotatable bonds is 1. The lowest BCUT2D eigenvalue weighted by Gasteiger charge is -2.32. The van der Waals surface area contributed by atoms with Crippen molar-refractivity contribution in [3.8, 4) is 0 Å². The van der Waals surface area contributed by atoms with Gasteiger partial charge in [-0.05, 0) is 42.2 Å². The van der Waals surface area contributed by atoms with Crippen LogP contribution in [-0.4, -0.2) is 6.04 Å². The minimum absolute atomic E-state index is 0.563. The topological polar surface area (TPSA) is 12.0 Å². The lowest BCUT2D eigenvalue weighted by atomic mass is 9.87. The lowest BCUT2D eigenvalue weighted by Crippen LogP contribution is -2.33. The van der Waals surface area contributed by atoms with E-state index in [1.54, 1.807) is 0 Å². The number of para-hydroxylation sites is 1. The van der Waals surface area contributed by atoms with Crippen molar-refractivity contribution in [1.82, 2.24) is 0 Å². The maximum absolute atomic E-state index is 3.73. The molecule has 0 spiro atoms. The molecule has 1 fully saturated rings. The van der Waals surface area contributed by atoms with Crippen LogP contribution in [0.1, 0.15) is 32.3 Å². The molecule has 0 radical (unpaired) electrons. The van der Waals surface area contributed by atoms with Crippen LogP contribution in [0.5, 0.6) is 0 Å². The molecule has 1 aliphatic carbocycles. The first-order valence-corrected chi connectivity index (χ1v) is 6.04. The zero-order valence-corrected chi connectivity index (χ0v) is 9.59. The first kappa shape index (κ1) is 9.26. The summed E-state index contributed by atoms with van der Waals surface area (Å²) >= 11 is 0. The minimum Gasteiger partial charge on any atom is -0.382 e. The number of hydrogen-bond donors (Lipinski definition) is 1. The van der Waals surface area contributed by atoms with E-state index in [0.717, 1.165) is 5.92 Å². The smallest absolute Gasteiger partial charge is 0.0375 e. The van der Waals surface area contributed by atoms with Crippen molar-refractivity contribution < 1.29 is 0 Å². The fourth-order valence-corrected chi connectivity index (χ4v) is 3.02. The molecular weight excluding hydrogens is 182 g/mol. The predicted octanol–water partition coefficient (Wildman–Crippen LogP) is 3.46. The molecule has 2 aliphatic rings. The van der Waals surface area contributed by atoms with Crippen molar-refractivity contribution in [2.75, 3.05) is 5.32 Å². The SMILES string of the molecule is CC1CC1(C)C1CCc2ccccc2N1. The van der Waals surface area contributed by atoms with Crippen LogP contribution in [0.25, 0.3) is 0 Å². The number of nitrogens with one attached hydrogen (secondary N) is 1. The summed E-state index contributed by atoms with van der Waals surface area (Å²) in [6.45, 7) is 4.81. The van der Waals surface area contributed by atoms with Crippen LogP contribution in [0.2, 0.25) is 0 Å². The van der Waals surface area contributed by atoms with Crippen LogP contribution in [0.3, 0.4) is 0 Å². The van der Waals surface area contributed by atoms with E-state index in [4.69, 9.17) is 0 Å². The summed E-state index contributed by atoms with van der Waals surface area (Å²) in [4.78, 5) is 0. The molecule has 0 aromatic heterocycles. The Labute approximate surface area is 91.9 Å². The summed E-state index contributed by atoms with van der Waals surface area (Å²) in [5.41, 5.74) is 3.42. The first-order chi connectivity index (χ1) is 7.20. The predicted molar refractivity (Wildman–Crippen MR) is 64.1 cm³/mol. The Hall–Kier alpha value is -0.980. The van der Waals surface area contributed by atoms with Gasteiger partial charge in [0.15, 0.2) is 0 Å². The second-order valence-electron chi connectivity index (χ2n) is 5.50. The van der Waals surface area contributed by atoms with E-state index in [1.807, 2.05) is 0 Å². The van der Waals surface area contributed by atoms with Gasteiger partial charge in [0.2, 0.25) is 0 Å². The van der Waals surface area contributed by atoms with E-state index in [-0.39, 0.29) is 0 Å². The zero-order chi connectivity index (χ0) is 10.5. The van der Waals surface area contributed by atoms with Crippen molar-refractivity contribution in [2.45, 2.75) is 39.2 Å². The summed E-state index contributed by atoms with van der Waals surface area (Å²) in [7, 11) is 0. The molecule has 0 bridgehead atoms. The van der Waals surface area contributed by atoms with Gasteiger partial charge < -0.3 is 5.32 Å². The number of hydrogen-bond acceptors (Lipinski definition) is 1. The maximum atomic E-state index is 3.73. The van der Waals surface area contributed by atoms with Crippen LogP contribution in [-0.2, 0) is 6.42 Å². The van der Waals surface area contributed by atoms with Gasteiger partial charge in [-0.3, -0.25) is 0 Å². The molecule has 1 saturated carbocycles. The number of anilines is 1. The van der Waals surface area contributed by atoms with Crippen LogP contribution < -0.4 is 5.32 Å². The Morgan fingerprint density at radius 3 is 2.80 bits per heavy atom. The van der Waals surface area contributed by atoms with E-state index >= 15 is 0 Å². The van der Waals surface area contributed by atoms with Gasteiger partial charge in [-0.2, -0.15) is 0 Å². The highest BCUT2D eigenvalue weighted by Gasteiger charge is 2.52. The molecular formula is C14H19N. The molecule has 0 saturated heterocycles. The molecule has 3 atom stereocenters. The number of aryl methyl sites for hydroxylation is 1. The Bertz CT molecular complexity index is 385. The summed E-state index contributed by atoms with van der Waals surface area (Å²) in [6.07, 6.45) is 3.95. The molecule has 1 N–H and O–H groups in total. The van der Waals surface area contributed by atoms with Crippen LogP contribution >= 0.6 is 0 Å². The molecule has 3 rings (SSSR count). The van der Waals surface area contributed by atoms with Gasteiger partial charge >= 0.3 is 0 Å². The molecule has 1 aromatic carbocycles. The van der Waals surface area contributed by atoms with E-state index in [1.165, 1.54) is 30.5 Å². The molecule has 1 aliphatic heterocycles. The number of fused-ring (bicyclic) bond motifs is 1. The van der Waals surface area contributed by atoms with Gasteiger partial charge in [0, 0.05) is 11.7 Å². The molecule has 1 heterocycles. The lowest BCUT2D eigenvalue weighted by molar-refractivity contribution is 0.400.